The predicted octanol–water partition coefficient (Wildman–Crippen LogP) is 2.55. The minimum atomic E-state index is -0.843. The van der Waals surface area contributed by atoms with Gasteiger partial charge in [-0.3, -0.25) is 9.59 Å². The zero-order valence-corrected chi connectivity index (χ0v) is 11.0. The van der Waals surface area contributed by atoms with Crippen LogP contribution in [0.15, 0.2) is 24.3 Å². The predicted molar refractivity (Wildman–Crippen MR) is 69.4 cm³/mol. The van der Waals surface area contributed by atoms with Crippen LogP contribution >= 0.6 is 11.6 Å². The van der Waals surface area contributed by atoms with Crippen LogP contribution in [0.25, 0.3) is 0 Å². The number of halogens is 1. The third-order valence-corrected chi connectivity index (χ3v) is 2.80. The highest BCUT2D eigenvalue weighted by atomic mass is 35.5. The summed E-state index contributed by atoms with van der Waals surface area (Å²) >= 11 is 5.78. The molecule has 0 radical (unpaired) electrons. The van der Waals surface area contributed by atoms with Crippen LogP contribution < -0.4 is 0 Å². The summed E-state index contributed by atoms with van der Waals surface area (Å²) in [6, 6.07) is 7.25. The van der Waals surface area contributed by atoms with Gasteiger partial charge in [0, 0.05) is 31.5 Å². The summed E-state index contributed by atoms with van der Waals surface area (Å²) in [4.78, 5) is 23.5. The molecule has 98 valence electrons. The topological polar surface area (TPSA) is 57.6 Å². The molecular formula is C13H16ClNO3. The Morgan fingerprint density at radius 3 is 2.39 bits per heavy atom. The van der Waals surface area contributed by atoms with Crippen LogP contribution in [0.3, 0.4) is 0 Å². The number of carboxylic acid groups (broad SMARTS) is 1. The molecular weight excluding hydrogens is 254 g/mol. The molecule has 0 unspecified atom stereocenters. The maximum Gasteiger partial charge on any atom is 0.303 e. The number of aliphatic carboxylic acids is 1. The molecule has 18 heavy (non-hydrogen) atoms. The molecule has 0 aliphatic heterocycles. The Morgan fingerprint density at radius 1 is 1.28 bits per heavy atom. The molecule has 5 heteroatoms. The summed E-state index contributed by atoms with van der Waals surface area (Å²) < 4.78 is 0. The van der Waals surface area contributed by atoms with E-state index in [4.69, 9.17) is 16.7 Å². The van der Waals surface area contributed by atoms with E-state index in [9.17, 15) is 9.59 Å². The number of carbonyl (C=O) groups excluding carboxylic acids is 1. The van der Waals surface area contributed by atoms with Gasteiger partial charge in [-0.2, -0.15) is 0 Å². The fourth-order valence-electron chi connectivity index (χ4n) is 1.58. The van der Waals surface area contributed by atoms with Crippen molar-refractivity contribution in [1.82, 2.24) is 4.90 Å². The largest absolute Gasteiger partial charge is 0.481 e. The SMILES string of the molecule is CC(=O)N(CCCC(=O)O)Cc1ccc(Cl)cc1. The lowest BCUT2D eigenvalue weighted by molar-refractivity contribution is -0.138. The molecule has 0 saturated heterocycles. The number of benzene rings is 1. The lowest BCUT2D eigenvalue weighted by Gasteiger charge is -2.20. The van der Waals surface area contributed by atoms with Gasteiger partial charge in [-0.05, 0) is 24.1 Å². The molecule has 1 N–H and O–H groups in total. The Labute approximate surface area is 111 Å². The van der Waals surface area contributed by atoms with Crippen LogP contribution in [0, 0.1) is 0 Å². The van der Waals surface area contributed by atoms with E-state index in [0.717, 1.165) is 5.56 Å². The monoisotopic (exact) mass is 269 g/mol. The van der Waals surface area contributed by atoms with Crippen molar-refractivity contribution < 1.29 is 14.7 Å². The van der Waals surface area contributed by atoms with Gasteiger partial charge in [-0.1, -0.05) is 23.7 Å². The third kappa shape index (κ3) is 5.19. The van der Waals surface area contributed by atoms with Crippen LogP contribution in [0.2, 0.25) is 5.02 Å². The van der Waals surface area contributed by atoms with Crippen LogP contribution in [0.1, 0.15) is 25.3 Å². The summed E-state index contributed by atoms with van der Waals surface area (Å²) in [6.07, 6.45) is 0.535. The molecule has 0 bridgehead atoms. The van der Waals surface area contributed by atoms with Gasteiger partial charge in [0.25, 0.3) is 0 Å². The van der Waals surface area contributed by atoms with Crippen molar-refractivity contribution in [2.75, 3.05) is 6.54 Å². The van der Waals surface area contributed by atoms with E-state index < -0.39 is 5.97 Å². The van der Waals surface area contributed by atoms with Gasteiger partial charge >= 0.3 is 5.97 Å². The molecule has 0 fully saturated rings. The zero-order chi connectivity index (χ0) is 13.5. The first kappa shape index (κ1) is 14.5. The minimum absolute atomic E-state index is 0.0599. The number of carbonyl (C=O) groups is 2. The first-order valence-corrected chi connectivity index (χ1v) is 6.08. The number of hydrogen-bond donors (Lipinski definition) is 1. The third-order valence-electron chi connectivity index (χ3n) is 2.55. The Kier molecular flexibility index (Phi) is 5.65. The highest BCUT2D eigenvalue weighted by Gasteiger charge is 2.10. The molecule has 1 aromatic carbocycles. The molecule has 0 aliphatic carbocycles. The summed E-state index contributed by atoms with van der Waals surface area (Å²) in [5.74, 6) is -0.902. The lowest BCUT2D eigenvalue weighted by Crippen LogP contribution is -2.29. The van der Waals surface area contributed by atoms with Gasteiger partial charge in [0.2, 0.25) is 5.91 Å². The molecule has 0 aromatic heterocycles. The lowest BCUT2D eigenvalue weighted by atomic mass is 10.2. The van der Waals surface area contributed by atoms with Crippen molar-refractivity contribution in [3.8, 4) is 0 Å². The number of carboxylic acids is 1. The maximum atomic E-state index is 11.4. The molecule has 0 atom stereocenters. The van der Waals surface area contributed by atoms with E-state index in [0.29, 0.717) is 24.5 Å². The van der Waals surface area contributed by atoms with E-state index in [1.165, 1.54) is 6.92 Å². The number of rotatable bonds is 6. The summed E-state index contributed by atoms with van der Waals surface area (Å²) in [6.45, 7) is 2.41. The van der Waals surface area contributed by atoms with Crippen LogP contribution in [0.5, 0.6) is 0 Å². The Morgan fingerprint density at radius 2 is 1.89 bits per heavy atom. The van der Waals surface area contributed by atoms with Gasteiger partial charge in [0.1, 0.15) is 0 Å². The highest BCUT2D eigenvalue weighted by molar-refractivity contribution is 6.30. The number of amides is 1. The van der Waals surface area contributed by atoms with E-state index >= 15 is 0 Å². The normalized spacial score (nSPS) is 10.1. The van der Waals surface area contributed by atoms with Gasteiger partial charge in [0.15, 0.2) is 0 Å². The van der Waals surface area contributed by atoms with Crippen molar-refractivity contribution >= 4 is 23.5 Å². The van der Waals surface area contributed by atoms with Crippen molar-refractivity contribution in [2.24, 2.45) is 0 Å². The van der Waals surface area contributed by atoms with Crippen LogP contribution in [-0.4, -0.2) is 28.4 Å². The molecule has 1 amide bonds. The fraction of sp³-hybridized carbons (Fsp3) is 0.385. The maximum absolute atomic E-state index is 11.4. The van der Waals surface area contributed by atoms with E-state index in [-0.39, 0.29) is 12.3 Å². The number of hydrogen-bond acceptors (Lipinski definition) is 2. The zero-order valence-electron chi connectivity index (χ0n) is 10.2. The first-order chi connectivity index (χ1) is 8.49. The van der Waals surface area contributed by atoms with Gasteiger partial charge < -0.3 is 10.0 Å². The van der Waals surface area contributed by atoms with Crippen molar-refractivity contribution in [2.45, 2.75) is 26.3 Å². The number of nitrogens with zero attached hydrogens (tertiary/aromatic N) is 1. The van der Waals surface area contributed by atoms with Crippen molar-refractivity contribution in [3.63, 3.8) is 0 Å². The van der Waals surface area contributed by atoms with E-state index in [2.05, 4.69) is 0 Å². The second kappa shape index (κ2) is 7.01. The van der Waals surface area contributed by atoms with E-state index in [1.54, 1.807) is 17.0 Å². The molecule has 4 nitrogen and oxygen atoms in total. The smallest absolute Gasteiger partial charge is 0.303 e. The minimum Gasteiger partial charge on any atom is -0.481 e. The molecule has 0 aliphatic rings. The summed E-state index contributed by atoms with van der Waals surface area (Å²) in [7, 11) is 0. The average molecular weight is 270 g/mol. The van der Waals surface area contributed by atoms with Crippen molar-refractivity contribution in [1.29, 1.82) is 0 Å². The first-order valence-electron chi connectivity index (χ1n) is 5.71. The van der Waals surface area contributed by atoms with Gasteiger partial charge in [-0.15, -0.1) is 0 Å². The molecule has 0 saturated carbocycles. The summed E-state index contributed by atoms with van der Waals surface area (Å²) in [5.41, 5.74) is 0.977. The van der Waals surface area contributed by atoms with E-state index in [1.807, 2.05) is 12.1 Å². The Bertz CT molecular complexity index is 417. The van der Waals surface area contributed by atoms with Crippen LogP contribution in [0.4, 0.5) is 0 Å². The summed E-state index contributed by atoms with van der Waals surface area (Å²) in [5, 5.41) is 9.22. The molecule has 1 aromatic rings. The second-order valence-electron chi connectivity index (χ2n) is 4.06. The molecule has 0 heterocycles. The van der Waals surface area contributed by atoms with Crippen LogP contribution in [-0.2, 0) is 16.1 Å². The molecule has 0 spiro atoms. The van der Waals surface area contributed by atoms with Gasteiger partial charge in [-0.25, -0.2) is 0 Å². The Hall–Kier alpha value is -1.55. The van der Waals surface area contributed by atoms with Gasteiger partial charge in [0.05, 0.1) is 0 Å². The average Bonchev–Trinajstić information content (AvgIpc) is 2.30. The highest BCUT2D eigenvalue weighted by Crippen LogP contribution is 2.12. The fourth-order valence-corrected chi connectivity index (χ4v) is 1.71. The standard InChI is InChI=1S/C13H16ClNO3/c1-10(16)15(8-2-3-13(17)18)9-11-4-6-12(14)7-5-11/h4-7H,2-3,8-9H2,1H3,(H,17,18). The Balaban J connectivity index is 2.54. The quantitative estimate of drug-likeness (QED) is 0.863. The molecule has 1 rings (SSSR count). The second-order valence-corrected chi connectivity index (χ2v) is 4.50. The van der Waals surface area contributed by atoms with Crippen molar-refractivity contribution in [3.05, 3.63) is 34.9 Å².